The third-order valence-electron chi connectivity index (χ3n) is 4.80. The minimum Gasteiger partial charge on any atom is -0.363 e. The van der Waals surface area contributed by atoms with E-state index in [1.165, 1.54) is 22.9 Å². The van der Waals surface area contributed by atoms with Crippen molar-refractivity contribution in [3.63, 3.8) is 0 Å². The average Bonchev–Trinajstić information content (AvgIpc) is 3.12. The number of nitrogens with one attached hydrogen (secondary N) is 2. The molecule has 3 heterocycles. The number of nitrogens with zero attached hydrogens (tertiary/aromatic N) is 6. The Balaban J connectivity index is 1.81. The van der Waals surface area contributed by atoms with Gasteiger partial charge in [-0.05, 0) is 30.3 Å². The minimum atomic E-state index is -2.93. The van der Waals surface area contributed by atoms with E-state index < -0.39 is 29.4 Å². The molecule has 0 aliphatic carbocycles. The summed E-state index contributed by atoms with van der Waals surface area (Å²) in [5, 5.41) is 14.6. The SMILES string of the molecule is Cc1nc(N[C@H](C)c2cccc(C(F)F)c2F)c2cc(-c3nnnn3C)c(=O)[nH]c2n1. The summed E-state index contributed by atoms with van der Waals surface area (Å²) in [7, 11) is 1.59. The number of pyridine rings is 1. The number of aromatic amines is 1. The molecule has 0 unspecified atom stereocenters. The molecule has 1 atom stereocenters. The van der Waals surface area contributed by atoms with E-state index in [2.05, 4.69) is 35.8 Å². The van der Waals surface area contributed by atoms with Crippen LogP contribution in [0.5, 0.6) is 0 Å². The zero-order chi connectivity index (χ0) is 22.3. The fourth-order valence-corrected chi connectivity index (χ4v) is 3.29. The fourth-order valence-electron chi connectivity index (χ4n) is 3.29. The molecule has 0 amide bonds. The first-order valence-electron chi connectivity index (χ1n) is 9.23. The number of hydrogen-bond acceptors (Lipinski definition) is 7. The highest BCUT2D eigenvalue weighted by atomic mass is 19.3. The van der Waals surface area contributed by atoms with Crippen molar-refractivity contribution in [2.75, 3.05) is 5.32 Å². The summed E-state index contributed by atoms with van der Waals surface area (Å²) in [6.45, 7) is 3.25. The van der Waals surface area contributed by atoms with Crippen molar-refractivity contribution in [3.8, 4) is 11.4 Å². The van der Waals surface area contributed by atoms with Crippen molar-refractivity contribution in [1.29, 1.82) is 0 Å². The Morgan fingerprint density at radius 1 is 1.19 bits per heavy atom. The number of aromatic nitrogens is 7. The topological polar surface area (TPSA) is 114 Å². The molecule has 12 heteroatoms. The number of benzene rings is 1. The molecule has 2 N–H and O–H groups in total. The van der Waals surface area contributed by atoms with E-state index in [1.54, 1.807) is 20.9 Å². The van der Waals surface area contributed by atoms with Crippen molar-refractivity contribution in [2.45, 2.75) is 26.3 Å². The van der Waals surface area contributed by atoms with Gasteiger partial charge in [0.05, 0.1) is 22.6 Å². The van der Waals surface area contributed by atoms with Crippen LogP contribution in [0.25, 0.3) is 22.4 Å². The van der Waals surface area contributed by atoms with Gasteiger partial charge in [-0.3, -0.25) is 4.79 Å². The van der Waals surface area contributed by atoms with Gasteiger partial charge in [0.1, 0.15) is 23.1 Å². The molecule has 9 nitrogen and oxygen atoms in total. The van der Waals surface area contributed by atoms with Crippen molar-refractivity contribution in [2.24, 2.45) is 7.05 Å². The van der Waals surface area contributed by atoms with Crippen LogP contribution in [0.3, 0.4) is 0 Å². The number of tetrazole rings is 1. The third kappa shape index (κ3) is 3.71. The van der Waals surface area contributed by atoms with Crippen molar-refractivity contribution < 1.29 is 13.2 Å². The predicted octanol–water partition coefficient (Wildman–Crippen LogP) is 3.07. The first-order chi connectivity index (χ1) is 14.8. The van der Waals surface area contributed by atoms with Gasteiger partial charge in [-0.25, -0.2) is 27.8 Å². The second-order valence-corrected chi connectivity index (χ2v) is 6.94. The van der Waals surface area contributed by atoms with Crippen molar-refractivity contribution in [1.82, 2.24) is 35.2 Å². The van der Waals surface area contributed by atoms with E-state index >= 15 is 0 Å². The van der Waals surface area contributed by atoms with Crippen LogP contribution in [0.15, 0.2) is 29.1 Å². The van der Waals surface area contributed by atoms with E-state index in [1.807, 2.05) is 0 Å². The van der Waals surface area contributed by atoms with Gasteiger partial charge in [-0.15, -0.1) is 5.10 Å². The molecule has 0 saturated carbocycles. The number of hydrogen-bond donors (Lipinski definition) is 2. The lowest BCUT2D eigenvalue weighted by Crippen LogP contribution is -2.16. The Morgan fingerprint density at radius 2 is 1.94 bits per heavy atom. The van der Waals surface area contributed by atoms with Gasteiger partial charge in [0.15, 0.2) is 5.82 Å². The summed E-state index contributed by atoms with van der Waals surface area (Å²) in [5.74, 6) is -0.0950. The summed E-state index contributed by atoms with van der Waals surface area (Å²) >= 11 is 0. The van der Waals surface area contributed by atoms with Crippen LogP contribution in [0.4, 0.5) is 19.0 Å². The molecular weight excluding hydrogens is 413 g/mol. The number of halogens is 3. The lowest BCUT2D eigenvalue weighted by molar-refractivity contribution is 0.146. The van der Waals surface area contributed by atoms with Gasteiger partial charge in [0, 0.05) is 12.6 Å². The van der Waals surface area contributed by atoms with Gasteiger partial charge in [-0.2, -0.15) is 0 Å². The summed E-state index contributed by atoms with van der Waals surface area (Å²) in [4.78, 5) is 23.8. The Bertz CT molecular complexity index is 1330. The molecule has 0 aliphatic heterocycles. The van der Waals surface area contributed by atoms with Crippen LogP contribution in [0.2, 0.25) is 0 Å². The molecule has 1 aromatic carbocycles. The summed E-state index contributed by atoms with van der Waals surface area (Å²) < 4.78 is 42.1. The highest BCUT2D eigenvalue weighted by Crippen LogP contribution is 2.30. The van der Waals surface area contributed by atoms with Crippen LogP contribution >= 0.6 is 0 Å². The molecule has 0 radical (unpaired) electrons. The largest absolute Gasteiger partial charge is 0.363 e. The van der Waals surface area contributed by atoms with E-state index in [9.17, 15) is 18.0 Å². The molecule has 4 aromatic rings. The van der Waals surface area contributed by atoms with E-state index in [4.69, 9.17) is 0 Å². The summed E-state index contributed by atoms with van der Waals surface area (Å²) in [6.07, 6.45) is -2.93. The molecule has 0 fully saturated rings. The second-order valence-electron chi connectivity index (χ2n) is 6.94. The lowest BCUT2D eigenvalue weighted by atomic mass is 10.0. The van der Waals surface area contributed by atoms with Crippen LogP contribution in [-0.2, 0) is 7.05 Å². The second kappa shape index (κ2) is 7.78. The van der Waals surface area contributed by atoms with Crippen molar-refractivity contribution >= 4 is 16.9 Å². The average molecular weight is 430 g/mol. The van der Waals surface area contributed by atoms with Crippen LogP contribution < -0.4 is 10.9 Å². The summed E-state index contributed by atoms with van der Waals surface area (Å²) in [5.41, 5.74) is -0.610. The van der Waals surface area contributed by atoms with Crippen LogP contribution in [-0.4, -0.2) is 35.2 Å². The quantitative estimate of drug-likeness (QED) is 0.500. The highest BCUT2D eigenvalue weighted by Gasteiger charge is 2.21. The third-order valence-corrected chi connectivity index (χ3v) is 4.80. The molecule has 31 heavy (non-hydrogen) atoms. The lowest BCUT2D eigenvalue weighted by Gasteiger charge is -2.18. The zero-order valence-corrected chi connectivity index (χ0v) is 16.7. The highest BCUT2D eigenvalue weighted by molar-refractivity contribution is 5.89. The number of fused-ring (bicyclic) bond motifs is 1. The molecule has 3 aromatic heterocycles. The van der Waals surface area contributed by atoms with Gasteiger partial charge >= 0.3 is 0 Å². The molecule has 160 valence electrons. The van der Waals surface area contributed by atoms with E-state index in [0.717, 1.165) is 6.07 Å². The zero-order valence-electron chi connectivity index (χ0n) is 16.7. The predicted molar refractivity (Wildman–Crippen MR) is 106 cm³/mol. The van der Waals surface area contributed by atoms with Gasteiger partial charge < -0.3 is 10.3 Å². The first kappa shape index (κ1) is 20.4. The molecule has 0 spiro atoms. The molecular formula is C19H17F3N8O. The maximum Gasteiger partial charge on any atom is 0.266 e. The molecule has 4 rings (SSSR count). The Kier molecular flexibility index (Phi) is 5.13. The van der Waals surface area contributed by atoms with E-state index in [-0.39, 0.29) is 22.6 Å². The first-order valence-corrected chi connectivity index (χ1v) is 9.23. The minimum absolute atomic E-state index is 0.0596. The van der Waals surface area contributed by atoms with Crippen molar-refractivity contribution in [3.05, 3.63) is 57.4 Å². The van der Waals surface area contributed by atoms with Gasteiger partial charge in [-0.1, -0.05) is 18.2 Å². The number of alkyl halides is 2. The summed E-state index contributed by atoms with van der Waals surface area (Å²) in [6, 6.07) is 4.67. The maximum absolute atomic E-state index is 14.6. The normalized spacial score (nSPS) is 12.5. The van der Waals surface area contributed by atoms with Gasteiger partial charge in [0.25, 0.3) is 12.0 Å². The molecule has 0 bridgehead atoms. The fraction of sp³-hybridized carbons (Fsp3) is 0.263. The number of rotatable bonds is 5. The molecule has 0 saturated heterocycles. The number of H-pyrrole nitrogens is 1. The Labute approximate surface area is 173 Å². The van der Waals surface area contributed by atoms with E-state index in [0.29, 0.717) is 17.0 Å². The Hall–Kier alpha value is -3.83. The number of aryl methyl sites for hydroxylation is 2. The Morgan fingerprint density at radius 3 is 2.61 bits per heavy atom. The number of anilines is 1. The monoisotopic (exact) mass is 430 g/mol. The smallest absolute Gasteiger partial charge is 0.266 e. The van der Waals surface area contributed by atoms with Gasteiger partial charge in [0.2, 0.25) is 0 Å². The van der Waals surface area contributed by atoms with Crippen LogP contribution in [0, 0.1) is 12.7 Å². The molecule has 0 aliphatic rings. The van der Waals surface area contributed by atoms with Crippen LogP contribution in [0.1, 0.15) is 36.3 Å². The standard InChI is InChI=1S/C19H17F3N8O/c1-8(10-5-4-6-11(14(10)20)15(21)22)23-16-12-7-13(18-27-28-29-30(18)3)19(31)26-17(12)25-9(2)24-16/h4-8,15H,1-3H3,(H2,23,24,25,26,31)/t8-/m1/s1. The maximum atomic E-state index is 14.6.